The first-order valence-electron chi connectivity index (χ1n) is 10.3. The molecular formula is C22H22N4O6. The van der Waals surface area contributed by atoms with E-state index in [4.69, 9.17) is 4.74 Å². The van der Waals surface area contributed by atoms with Gasteiger partial charge in [-0.1, -0.05) is 30.3 Å². The minimum atomic E-state index is -0.573. The molecule has 0 radical (unpaired) electrons. The summed E-state index contributed by atoms with van der Waals surface area (Å²) >= 11 is 0. The number of benzene rings is 2. The molecule has 0 spiro atoms. The number of hydrogen-bond acceptors (Lipinski definition) is 6. The molecule has 1 N–H and O–H groups in total. The maximum atomic E-state index is 12.9. The van der Waals surface area contributed by atoms with Crippen LogP contribution in [0.1, 0.15) is 24.4 Å². The molecule has 2 aromatic rings. The summed E-state index contributed by atoms with van der Waals surface area (Å²) in [6, 6.07) is 12.8. The van der Waals surface area contributed by atoms with E-state index in [1.807, 2.05) is 30.3 Å². The number of hydrogen-bond donors (Lipinski definition) is 1. The molecule has 10 nitrogen and oxygen atoms in total. The molecule has 0 aromatic heterocycles. The highest BCUT2D eigenvalue weighted by Gasteiger charge is 2.31. The number of rotatable bonds is 7. The number of amides is 3. The molecule has 0 aliphatic carbocycles. The smallest absolute Gasteiger partial charge is 0.271 e. The van der Waals surface area contributed by atoms with Gasteiger partial charge in [-0.3, -0.25) is 29.4 Å². The molecule has 2 aromatic carbocycles. The van der Waals surface area contributed by atoms with Crippen LogP contribution in [0.15, 0.2) is 48.5 Å². The third-order valence-electron chi connectivity index (χ3n) is 5.51. The van der Waals surface area contributed by atoms with Crippen molar-refractivity contribution in [2.24, 2.45) is 0 Å². The average Bonchev–Trinajstić information content (AvgIpc) is 3.19. The average molecular weight is 438 g/mol. The van der Waals surface area contributed by atoms with Crippen LogP contribution < -0.4 is 15.0 Å². The van der Waals surface area contributed by atoms with Gasteiger partial charge >= 0.3 is 0 Å². The first-order chi connectivity index (χ1) is 15.4. The Hall–Kier alpha value is -3.95. The molecule has 2 heterocycles. The Morgan fingerprint density at radius 2 is 1.94 bits per heavy atom. The fraction of sp³-hybridized carbons (Fsp3) is 0.318. The van der Waals surface area contributed by atoms with Crippen molar-refractivity contribution in [3.63, 3.8) is 0 Å². The van der Waals surface area contributed by atoms with Crippen LogP contribution in [-0.2, 0) is 14.4 Å². The Bertz CT molecular complexity index is 1060. The van der Waals surface area contributed by atoms with Gasteiger partial charge in [0.25, 0.3) is 11.6 Å². The predicted molar refractivity (Wildman–Crippen MR) is 114 cm³/mol. The Kier molecular flexibility index (Phi) is 6.02. The van der Waals surface area contributed by atoms with E-state index in [9.17, 15) is 24.5 Å². The van der Waals surface area contributed by atoms with E-state index in [1.54, 1.807) is 4.90 Å². The van der Waals surface area contributed by atoms with Gasteiger partial charge in [0.05, 0.1) is 16.7 Å². The van der Waals surface area contributed by atoms with Crippen molar-refractivity contribution >= 4 is 29.1 Å². The van der Waals surface area contributed by atoms with Crippen molar-refractivity contribution in [3.8, 4) is 5.75 Å². The van der Waals surface area contributed by atoms with Crippen LogP contribution in [0.5, 0.6) is 5.75 Å². The van der Waals surface area contributed by atoms with E-state index >= 15 is 0 Å². The monoisotopic (exact) mass is 438 g/mol. The third-order valence-corrected chi connectivity index (χ3v) is 5.51. The van der Waals surface area contributed by atoms with Gasteiger partial charge in [0.15, 0.2) is 6.61 Å². The number of ether oxygens (including phenoxy) is 1. The van der Waals surface area contributed by atoms with Crippen LogP contribution in [0.4, 0.5) is 11.4 Å². The molecule has 1 unspecified atom stereocenters. The zero-order chi connectivity index (χ0) is 22.7. The predicted octanol–water partition coefficient (Wildman–Crippen LogP) is 1.80. The number of non-ortho nitro benzene ring substituents is 1. The lowest BCUT2D eigenvalue weighted by molar-refractivity contribution is -0.384. The van der Waals surface area contributed by atoms with Gasteiger partial charge in [-0.15, -0.1) is 0 Å². The summed E-state index contributed by atoms with van der Waals surface area (Å²) in [6.07, 6.45) is 1.28. The van der Waals surface area contributed by atoms with Crippen LogP contribution in [0, 0.1) is 10.1 Å². The minimum Gasteiger partial charge on any atom is -0.482 e. The Morgan fingerprint density at radius 1 is 1.16 bits per heavy atom. The number of carbonyl (C=O) groups excluding carboxylic acids is 3. The largest absolute Gasteiger partial charge is 0.482 e. The lowest BCUT2D eigenvalue weighted by Gasteiger charge is -2.30. The first-order valence-corrected chi connectivity index (χ1v) is 10.3. The quantitative estimate of drug-likeness (QED) is 0.520. The van der Waals surface area contributed by atoms with Crippen LogP contribution in [0.3, 0.4) is 0 Å². The zero-order valence-electron chi connectivity index (χ0n) is 17.2. The number of anilines is 1. The number of nitrogens with one attached hydrogen (secondary N) is 1. The molecule has 32 heavy (non-hydrogen) atoms. The number of fused-ring (bicyclic) bond motifs is 1. The molecule has 1 saturated heterocycles. The van der Waals surface area contributed by atoms with E-state index in [0.29, 0.717) is 25.3 Å². The molecule has 4 rings (SSSR count). The molecule has 0 saturated carbocycles. The topological polar surface area (TPSA) is 122 Å². The summed E-state index contributed by atoms with van der Waals surface area (Å²) in [7, 11) is 0. The molecule has 10 heteroatoms. The molecule has 1 fully saturated rings. The second kappa shape index (κ2) is 9.04. The van der Waals surface area contributed by atoms with Crippen molar-refractivity contribution < 1.29 is 24.0 Å². The molecule has 2 aliphatic rings. The molecule has 3 amide bonds. The van der Waals surface area contributed by atoms with Gasteiger partial charge in [0.1, 0.15) is 12.3 Å². The highest BCUT2D eigenvalue weighted by molar-refractivity contribution is 6.02. The standard InChI is InChI=1S/C22H22N4O6/c27-20(13-25-18-11-16(26(30)31)8-9-19(18)32-14-22(25)29)23-17(15-5-2-1-3-6-15)12-24-10-4-7-21(24)28/h1-3,5-6,8-9,11,17H,4,7,10,12-14H2,(H,23,27). The summed E-state index contributed by atoms with van der Waals surface area (Å²) in [4.78, 5) is 51.0. The van der Waals surface area contributed by atoms with Crippen LogP contribution >= 0.6 is 0 Å². The molecular weight excluding hydrogens is 416 g/mol. The summed E-state index contributed by atoms with van der Waals surface area (Å²) in [5.41, 5.74) is 0.809. The number of nitrogens with zero attached hydrogens (tertiary/aromatic N) is 3. The summed E-state index contributed by atoms with van der Waals surface area (Å²) < 4.78 is 5.34. The Balaban J connectivity index is 1.53. The zero-order valence-corrected chi connectivity index (χ0v) is 17.2. The van der Waals surface area contributed by atoms with Crippen molar-refractivity contribution in [3.05, 3.63) is 64.2 Å². The van der Waals surface area contributed by atoms with Crippen LogP contribution in [0.2, 0.25) is 0 Å². The Morgan fingerprint density at radius 3 is 2.62 bits per heavy atom. The summed E-state index contributed by atoms with van der Waals surface area (Å²) in [6.45, 7) is 0.376. The fourth-order valence-corrected chi connectivity index (χ4v) is 3.90. The van der Waals surface area contributed by atoms with E-state index < -0.39 is 22.8 Å². The highest BCUT2D eigenvalue weighted by Crippen LogP contribution is 2.35. The summed E-state index contributed by atoms with van der Waals surface area (Å²) in [5, 5.41) is 14.1. The van der Waals surface area contributed by atoms with Crippen molar-refractivity contribution in [1.82, 2.24) is 10.2 Å². The maximum Gasteiger partial charge on any atom is 0.271 e. The first kappa shape index (κ1) is 21.3. The number of nitro benzene ring substituents is 1. The number of nitro groups is 1. The van der Waals surface area contributed by atoms with Crippen molar-refractivity contribution in [2.45, 2.75) is 18.9 Å². The number of carbonyl (C=O) groups is 3. The normalized spacial score (nSPS) is 16.4. The lowest BCUT2D eigenvalue weighted by atomic mass is 10.1. The van der Waals surface area contributed by atoms with Crippen LogP contribution in [-0.4, -0.2) is 53.8 Å². The van der Waals surface area contributed by atoms with Gasteiger partial charge in [-0.2, -0.15) is 0 Å². The fourth-order valence-electron chi connectivity index (χ4n) is 3.90. The van der Waals surface area contributed by atoms with Gasteiger partial charge in [0.2, 0.25) is 11.8 Å². The lowest BCUT2D eigenvalue weighted by Crippen LogP contribution is -2.47. The molecule has 2 aliphatic heterocycles. The Labute approximate surface area is 183 Å². The van der Waals surface area contributed by atoms with Crippen molar-refractivity contribution in [1.29, 1.82) is 0 Å². The van der Waals surface area contributed by atoms with Gasteiger partial charge in [-0.05, 0) is 18.1 Å². The molecule has 0 bridgehead atoms. The SMILES string of the molecule is O=C(CN1C(=O)COc2ccc([N+](=O)[O-])cc21)NC(CN1CCCC1=O)c1ccccc1. The number of likely N-dealkylation sites (tertiary alicyclic amines) is 1. The minimum absolute atomic E-state index is 0.0461. The summed E-state index contributed by atoms with van der Waals surface area (Å²) in [5.74, 6) is -0.576. The van der Waals surface area contributed by atoms with Gasteiger partial charge in [-0.25, -0.2) is 0 Å². The molecule has 166 valence electrons. The van der Waals surface area contributed by atoms with Gasteiger partial charge < -0.3 is 15.0 Å². The van der Waals surface area contributed by atoms with Crippen LogP contribution in [0.25, 0.3) is 0 Å². The maximum absolute atomic E-state index is 12.9. The second-order valence-electron chi connectivity index (χ2n) is 7.65. The third kappa shape index (κ3) is 4.53. The second-order valence-corrected chi connectivity index (χ2v) is 7.65. The van der Waals surface area contributed by atoms with Gasteiger partial charge in [0, 0.05) is 31.6 Å². The van der Waals surface area contributed by atoms with E-state index in [1.165, 1.54) is 23.1 Å². The van der Waals surface area contributed by atoms with E-state index in [-0.39, 0.29) is 30.4 Å². The molecule has 1 atom stereocenters. The highest BCUT2D eigenvalue weighted by atomic mass is 16.6. The van der Waals surface area contributed by atoms with Crippen molar-refractivity contribution in [2.75, 3.05) is 31.1 Å². The van der Waals surface area contributed by atoms with E-state index in [2.05, 4.69) is 5.32 Å². The van der Waals surface area contributed by atoms with E-state index in [0.717, 1.165) is 12.0 Å².